The molecule has 0 spiro atoms. The molecule has 0 aromatic carbocycles. The molecule has 138 valence electrons. The van der Waals surface area contributed by atoms with Crippen molar-refractivity contribution in [1.29, 1.82) is 0 Å². The number of methoxy groups -OCH3 is 1. The fourth-order valence-electron chi connectivity index (χ4n) is 1.88. The molecule has 2 aromatic rings. The minimum Gasteiger partial charge on any atom is -0.475 e. The second-order valence-electron chi connectivity index (χ2n) is 4.99. The molecule has 0 atom stereocenters. The molecule has 2 heterocycles. The van der Waals surface area contributed by atoms with Crippen LogP contribution < -0.4 is 15.4 Å². The van der Waals surface area contributed by atoms with Gasteiger partial charge in [0.25, 0.3) is 0 Å². The van der Waals surface area contributed by atoms with Crippen LogP contribution >= 0.6 is 35.3 Å². The fraction of sp³-hybridized carbons (Fsp3) is 0.438. The van der Waals surface area contributed by atoms with E-state index in [0.29, 0.717) is 32.2 Å². The summed E-state index contributed by atoms with van der Waals surface area (Å²) in [4.78, 5) is 14.0. The molecule has 2 rings (SSSR count). The Balaban J connectivity index is 0.00000312. The van der Waals surface area contributed by atoms with E-state index in [1.54, 1.807) is 31.7 Å². The van der Waals surface area contributed by atoms with Crippen molar-refractivity contribution >= 4 is 41.3 Å². The number of halogens is 1. The predicted octanol–water partition coefficient (Wildman–Crippen LogP) is 2.35. The maximum Gasteiger partial charge on any atom is 0.213 e. The molecule has 0 saturated heterocycles. The Morgan fingerprint density at radius 2 is 1.96 bits per heavy atom. The second-order valence-corrected chi connectivity index (χ2v) is 6.31. The Hall–Kier alpha value is -1.46. The van der Waals surface area contributed by atoms with Crippen LogP contribution in [0.1, 0.15) is 15.4 Å². The summed E-state index contributed by atoms with van der Waals surface area (Å²) in [5.41, 5.74) is 1.04. The van der Waals surface area contributed by atoms with Gasteiger partial charge < -0.3 is 20.1 Å². The van der Waals surface area contributed by atoms with Crippen molar-refractivity contribution in [2.75, 3.05) is 27.4 Å². The fourth-order valence-corrected chi connectivity index (χ4v) is 2.61. The van der Waals surface area contributed by atoms with Gasteiger partial charge in [0.1, 0.15) is 11.6 Å². The van der Waals surface area contributed by atoms with Crippen LogP contribution in [0.15, 0.2) is 29.5 Å². The molecule has 0 radical (unpaired) electrons. The summed E-state index contributed by atoms with van der Waals surface area (Å²) in [5.74, 6) is 1.32. The number of hydrogen-bond donors (Lipinski definition) is 2. The Morgan fingerprint density at radius 3 is 2.56 bits per heavy atom. The van der Waals surface area contributed by atoms with Gasteiger partial charge >= 0.3 is 0 Å². The van der Waals surface area contributed by atoms with E-state index in [0.717, 1.165) is 16.5 Å². The maximum absolute atomic E-state index is 5.44. The third kappa shape index (κ3) is 7.97. The van der Waals surface area contributed by atoms with E-state index in [1.165, 1.54) is 4.88 Å². The van der Waals surface area contributed by atoms with Crippen LogP contribution in [0.3, 0.4) is 0 Å². The molecule has 2 aromatic heterocycles. The number of pyridine rings is 1. The molecule has 0 fully saturated rings. The highest BCUT2D eigenvalue weighted by atomic mass is 127. The van der Waals surface area contributed by atoms with Gasteiger partial charge in [-0.2, -0.15) is 0 Å². The van der Waals surface area contributed by atoms with Gasteiger partial charge in [0.05, 0.1) is 13.2 Å². The first-order valence-electron chi connectivity index (χ1n) is 7.63. The molecular formula is C16H24IN5O2S. The number of aliphatic imine (C=N–C) groups is 1. The number of rotatable bonds is 8. The van der Waals surface area contributed by atoms with E-state index in [4.69, 9.17) is 9.47 Å². The van der Waals surface area contributed by atoms with Gasteiger partial charge in [0.15, 0.2) is 5.96 Å². The van der Waals surface area contributed by atoms with Gasteiger partial charge in [0.2, 0.25) is 5.88 Å². The summed E-state index contributed by atoms with van der Waals surface area (Å²) in [7, 11) is 3.38. The Kier molecular flexibility index (Phi) is 10.3. The SMILES string of the molecule is CN=C(NCc1ccc(OCCOC)nc1)NCc1ncc(C)s1.I. The second kappa shape index (κ2) is 12.0. The number of aryl methyl sites for hydroxylation is 1. The van der Waals surface area contributed by atoms with Crippen molar-refractivity contribution in [1.82, 2.24) is 20.6 Å². The third-order valence-electron chi connectivity index (χ3n) is 3.09. The van der Waals surface area contributed by atoms with Crippen LogP contribution in [-0.4, -0.2) is 43.3 Å². The summed E-state index contributed by atoms with van der Waals surface area (Å²) in [6.07, 6.45) is 3.66. The highest BCUT2D eigenvalue weighted by molar-refractivity contribution is 14.0. The van der Waals surface area contributed by atoms with Crippen molar-refractivity contribution in [3.8, 4) is 5.88 Å². The molecule has 0 saturated carbocycles. The minimum absolute atomic E-state index is 0. The molecule has 0 amide bonds. The van der Waals surface area contributed by atoms with Gasteiger partial charge in [0, 0.05) is 44.0 Å². The van der Waals surface area contributed by atoms with Gasteiger partial charge in [-0.3, -0.25) is 4.99 Å². The van der Waals surface area contributed by atoms with Crippen LogP contribution in [0.25, 0.3) is 0 Å². The zero-order valence-corrected chi connectivity index (χ0v) is 17.8. The summed E-state index contributed by atoms with van der Waals surface area (Å²) in [6, 6.07) is 3.82. The van der Waals surface area contributed by atoms with Gasteiger partial charge in [-0.1, -0.05) is 6.07 Å². The first-order chi connectivity index (χ1) is 11.7. The number of ether oxygens (including phenoxy) is 2. The molecule has 0 bridgehead atoms. The molecule has 2 N–H and O–H groups in total. The quantitative estimate of drug-likeness (QED) is 0.263. The van der Waals surface area contributed by atoms with Crippen molar-refractivity contribution in [3.63, 3.8) is 0 Å². The van der Waals surface area contributed by atoms with Gasteiger partial charge in [-0.15, -0.1) is 35.3 Å². The summed E-state index contributed by atoms with van der Waals surface area (Å²) in [6.45, 7) is 4.37. The van der Waals surface area contributed by atoms with E-state index < -0.39 is 0 Å². The average molecular weight is 477 g/mol. The molecule has 0 aliphatic carbocycles. The smallest absolute Gasteiger partial charge is 0.213 e. The van der Waals surface area contributed by atoms with Crippen LogP contribution in [0.2, 0.25) is 0 Å². The van der Waals surface area contributed by atoms with Crippen molar-refractivity contribution in [2.24, 2.45) is 4.99 Å². The lowest BCUT2D eigenvalue weighted by Gasteiger charge is -2.11. The molecule has 25 heavy (non-hydrogen) atoms. The number of nitrogens with one attached hydrogen (secondary N) is 2. The normalized spacial score (nSPS) is 10.9. The predicted molar refractivity (Wildman–Crippen MR) is 111 cm³/mol. The lowest BCUT2D eigenvalue weighted by molar-refractivity contribution is 0.143. The number of aromatic nitrogens is 2. The van der Waals surface area contributed by atoms with Crippen LogP contribution in [-0.2, 0) is 17.8 Å². The van der Waals surface area contributed by atoms with Gasteiger partial charge in [-0.25, -0.2) is 9.97 Å². The molecule has 0 aliphatic heterocycles. The van der Waals surface area contributed by atoms with E-state index in [2.05, 4.69) is 25.6 Å². The Labute approximate surface area is 169 Å². The largest absolute Gasteiger partial charge is 0.475 e. The first-order valence-corrected chi connectivity index (χ1v) is 8.45. The standard InChI is InChI=1S/C16H23N5O2S.HI/c1-12-8-19-15(24-12)11-21-16(17-2)20-10-13-4-5-14(18-9-13)23-7-6-22-3;/h4-5,8-9H,6-7,10-11H2,1-3H3,(H2,17,20,21);1H. The van der Waals surface area contributed by atoms with Crippen molar-refractivity contribution in [2.45, 2.75) is 20.0 Å². The highest BCUT2D eigenvalue weighted by Crippen LogP contribution is 2.10. The number of guanidine groups is 1. The van der Waals surface area contributed by atoms with E-state index in [1.807, 2.05) is 25.3 Å². The van der Waals surface area contributed by atoms with E-state index >= 15 is 0 Å². The van der Waals surface area contributed by atoms with Gasteiger partial charge in [-0.05, 0) is 12.5 Å². The number of thiazole rings is 1. The highest BCUT2D eigenvalue weighted by Gasteiger charge is 2.03. The van der Waals surface area contributed by atoms with Crippen LogP contribution in [0.5, 0.6) is 5.88 Å². The van der Waals surface area contributed by atoms with Crippen molar-refractivity contribution in [3.05, 3.63) is 40.0 Å². The molecule has 0 unspecified atom stereocenters. The summed E-state index contributed by atoms with van der Waals surface area (Å²) in [5, 5.41) is 7.53. The molecule has 7 nitrogen and oxygen atoms in total. The zero-order chi connectivity index (χ0) is 17.2. The average Bonchev–Trinajstić information content (AvgIpc) is 3.02. The Morgan fingerprint density at radius 1 is 1.16 bits per heavy atom. The van der Waals surface area contributed by atoms with E-state index in [9.17, 15) is 0 Å². The number of hydrogen-bond acceptors (Lipinski definition) is 6. The molecule has 9 heteroatoms. The zero-order valence-electron chi connectivity index (χ0n) is 14.6. The maximum atomic E-state index is 5.44. The Bertz CT molecular complexity index is 648. The summed E-state index contributed by atoms with van der Waals surface area (Å²) < 4.78 is 10.4. The van der Waals surface area contributed by atoms with Crippen LogP contribution in [0, 0.1) is 6.92 Å². The van der Waals surface area contributed by atoms with Crippen molar-refractivity contribution < 1.29 is 9.47 Å². The summed E-state index contributed by atoms with van der Waals surface area (Å²) >= 11 is 1.68. The van der Waals surface area contributed by atoms with Crippen LogP contribution in [0.4, 0.5) is 0 Å². The molecule has 0 aliphatic rings. The monoisotopic (exact) mass is 477 g/mol. The minimum atomic E-state index is 0. The van der Waals surface area contributed by atoms with E-state index in [-0.39, 0.29) is 24.0 Å². The lowest BCUT2D eigenvalue weighted by Crippen LogP contribution is -2.36. The topological polar surface area (TPSA) is 80.7 Å². The lowest BCUT2D eigenvalue weighted by atomic mass is 10.3. The number of nitrogens with zero attached hydrogens (tertiary/aromatic N) is 3. The third-order valence-corrected chi connectivity index (χ3v) is 4.01. The molecular weight excluding hydrogens is 453 g/mol. The first kappa shape index (κ1) is 21.6.